The molecule has 0 aromatic carbocycles. The molecule has 2 rings (SSSR count). The van der Waals surface area contributed by atoms with E-state index in [1.54, 1.807) is 0 Å². The van der Waals surface area contributed by atoms with Crippen molar-refractivity contribution in [3.05, 3.63) is 24.0 Å². The molecule has 0 spiro atoms. The monoisotopic (exact) mass is 221 g/mol. The van der Waals surface area contributed by atoms with E-state index in [0.717, 1.165) is 18.8 Å². The number of piperazine rings is 1. The smallest absolute Gasteiger partial charge is 0.270 e. The third-order valence-corrected chi connectivity index (χ3v) is 3.19. The summed E-state index contributed by atoms with van der Waals surface area (Å²) in [6, 6.07) is 4.42. The Morgan fingerprint density at radius 2 is 2.25 bits per heavy atom. The number of carbonyl (C=O) groups excluding carboxylic acids is 1. The third kappa shape index (κ3) is 1.97. The molecule has 2 unspecified atom stereocenters. The van der Waals surface area contributed by atoms with Crippen LogP contribution in [0.15, 0.2) is 18.3 Å². The number of rotatable bonds is 1. The molecule has 0 radical (unpaired) electrons. The van der Waals surface area contributed by atoms with Gasteiger partial charge in [0.05, 0.1) is 0 Å². The lowest BCUT2D eigenvalue weighted by Crippen LogP contribution is -2.56. The van der Waals surface area contributed by atoms with Crippen molar-refractivity contribution in [2.24, 2.45) is 7.05 Å². The molecule has 88 valence electrons. The van der Waals surface area contributed by atoms with Crippen LogP contribution in [0.5, 0.6) is 0 Å². The molecular formula is C12H19N3O. The van der Waals surface area contributed by atoms with E-state index in [9.17, 15) is 4.79 Å². The summed E-state index contributed by atoms with van der Waals surface area (Å²) in [5, 5.41) is 3.38. The first-order valence-corrected chi connectivity index (χ1v) is 5.75. The van der Waals surface area contributed by atoms with Crippen LogP contribution in [0.1, 0.15) is 24.3 Å². The van der Waals surface area contributed by atoms with Gasteiger partial charge in [0.2, 0.25) is 0 Å². The molecule has 1 saturated heterocycles. The van der Waals surface area contributed by atoms with E-state index in [1.165, 1.54) is 0 Å². The van der Waals surface area contributed by atoms with E-state index in [2.05, 4.69) is 19.2 Å². The molecule has 2 atom stereocenters. The van der Waals surface area contributed by atoms with E-state index >= 15 is 0 Å². The molecule has 16 heavy (non-hydrogen) atoms. The first kappa shape index (κ1) is 11.2. The number of amides is 1. The Balaban J connectivity index is 2.18. The number of aryl methyl sites for hydroxylation is 1. The maximum Gasteiger partial charge on any atom is 0.270 e. The molecule has 4 heteroatoms. The summed E-state index contributed by atoms with van der Waals surface area (Å²) in [6.07, 6.45) is 1.91. The van der Waals surface area contributed by atoms with Gasteiger partial charge in [0.1, 0.15) is 5.69 Å². The van der Waals surface area contributed by atoms with Crippen LogP contribution in [0.25, 0.3) is 0 Å². The number of hydrogen-bond acceptors (Lipinski definition) is 2. The lowest BCUT2D eigenvalue weighted by atomic mass is 10.1. The van der Waals surface area contributed by atoms with Crippen molar-refractivity contribution in [2.75, 3.05) is 13.1 Å². The largest absolute Gasteiger partial charge is 0.347 e. The van der Waals surface area contributed by atoms with Gasteiger partial charge in [-0.3, -0.25) is 4.79 Å². The zero-order chi connectivity index (χ0) is 11.7. The fraction of sp³-hybridized carbons (Fsp3) is 0.583. The van der Waals surface area contributed by atoms with Crippen molar-refractivity contribution in [3.8, 4) is 0 Å². The number of carbonyl (C=O) groups is 1. The zero-order valence-electron chi connectivity index (χ0n) is 10.1. The van der Waals surface area contributed by atoms with Gasteiger partial charge in [0, 0.05) is 38.4 Å². The highest BCUT2D eigenvalue weighted by Gasteiger charge is 2.28. The standard InChI is InChI=1S/C12H19N3O/c1-9-8-15(10(2)7-13-9)12(16)11-5-4-6-14(11)3/h4-6,9-10,13H,7-8H2,1-3H3. The molecule has 0 saturated carbocycles. The quantitative estimate of drug-likeness (QED) is 0.763. The van der Waals surface area contributed by atoms with Gasteiger partial charge in [-0.05, 0) is 26.0 Å². The predicted molar refractivity (Wildman–Crippen MR) is 63.4 cm³/mol. The minimum atomic E-state index is 0.133. The molecule has 4 nitrogen and oxygen atoms in total. The van der Waals surface area contributed by atoms with Crippen LogP contribution < -0.4 is 5.32 Å². The summed E-state index contributed by atoms with van der Waals surface area (Å²) < 4.78 is 1.88. The molecule has 0 aliphatic carbocycles. The van der Waals surface area contributed by atoms with E-state index in [4.69, 9.17) is 0 Å². The molecule has 1 N–H and O–H groups in total. The second-order valence-corrected chi connectivity index (χ2v) is 4.62. The highest BCUT2D eigenvalue weighted by molar-refractivity contribution is 5.93. The molecule has 2 heterocycles. The minimum Gasteiger partial charge on any atom is -0.347 e. The summed E-state index contributed by atoms with van der Waals surface area (Å²) in [4.78, 5) is 14.3. The summed E-state index contributed by atoms with van der Waals surface area (Å²) in [6.45, 7) is 5.85. The number of nitrogens with zero attached hydrogens (tertiary/aromatic N) is 2. The fourth-order valence-corrected chi connectivity index (χ4v) is 2.13. The molecule has 1 aromatic heterocycles. The predicted octanol–water partition coefficient (Wildman–Crippen LogP) is 0.848. The highest BCUT2D eigenvalue weighted by atomic mass is 16.2. The van der Waals surface area contributed by atoms with Crippen molar-refractivity contribution < 1.29 is 4.79 Å². The van der Waals surface area contributed by atoms with Gasteiger partial charge < -0.3 is 14.8 Å². The number of nitrogens with one attached hydrogen (secondary N) is 1. The molecule has 1 fully saturated rings. The van der Waals surface area contributed by atoms with Crippen LogP contribution in [0, 0.1) is 0 Å². The summed E-state index contributed by atoms with van der Waals surface area (Å²) in [7, 11) is 1.91. The average molecular weight is 221 g/mol. The second-order valence-electron chi connectivity index (χ2n) is 4.62. The summed E-state index contributed by atoms with van der Waals surface area (Å²) in [5.74, 6) is 0.133. The van der Waals surface area contributed by atoms with E-state index in [-0.39, 0.29) is 11.9 Å². The van der Waals surface area contributed by atoms with E-state index in [1.807, 2.05) is 34.8 Å². The molecular weight excluding hydrogens is 202 g/mol. The van der Waals surface area contributed by atoms with Crippen molar-refractivity contribution in [2.45, 2.75) is 25.9 Å². The summed E-state index contributed by atoms with van der Waals surface area (Å²) in [5.41, 5.74) is 0.765. The summed E-state index contributed by atoms with van der Waals surface area (Å²) >= 11 is 0. The molecule has 0 bridgehead atoms. The second kappa shape index (κ2) is 4.29. The topological polar surface area (TPSA) is 37.3 Å². The van der Waals surface area contributed by atoms with Crippen LogP contribution in [-0.4, -0.2) is 40.5 Å². The van der Waals surface area contributed by atoms with E-state index < -0.39 is 0 Å². The fourth-order valence-electron chi connectivity index (χ4n) is 2.13. The Kier molecular flexibility index (Phi) is 3.01. The Morgan fingerprint density at radius 1 is 1.50 bits per heavy atom. The SMILES string of the molecule is CC1CN(C(=O)c2cccn2C)C(C)CN1. The number of hydrogen-bond donors (Lipinski definition) is 1. The Labute approximate surface area is 96.2 Å². The van der Waals surface area contributed by atoms with Gasteiger partial charge in [0.25, 0.3) is 5.91 Å². The van der Waals surface area contributed by atoms with Crippen molar-refractivity contribution in [1.29, 1.82) is 0 Å². The van der Waals surface area contributed by atoms with Crippen LogP contribution >= 0.6 is 0 Å². The lowest BCUT2D eigenvalue weighted by molar-refractivity contribution is 0.0606. The molecule has 1 amide bonds. The molecule has 1 aliphatic rings. The lowest BCUT2D eigenvalue weighted by Gasteiger charge is -2.37. The third-order valence-electron chi connectivity index (χ3n) is 3.19. The maximum atomic E-state index is 12.3. The van der Waals surface area contributed by atoms with Gasteiger partial charge in [0.15, 0.2) is 0 Å². The van der Waals surface area contributed by atoms with Crippen molar-refractivity contribution in [3.63, 3.8) is 0 Å². The minimum absolute atomic E-state index is 0.133. The average Bonchev–Trinajstić information content (AvgIpc) is 2.67. The van der Waals surface area contributed by atoms with Gasteiger partial charge in [-0.1, -0.05) is 0 Å². The highest BCUT2D eigenvalue weighted by Crippen LogP contribution is 2.12. The van der Waals surface area contributed by atoms with Crippen molar-refractivity contribution in [1.82, 2.24) is 14.8 Å². The van der Waals surface area contributed by atoms with Gasteiger partial charge in [-0.15, -0.1) is 0 Å². The first-order valence-electron chi connectivity index (χ1n) is 5.75. The van der Waals surface area contributed by atoms with Crippen LogP contribution in [-0.2, 0) is 7.05 Å². The van der Waals surface area contributed by atoms with Crippen LogP contribution in [0.3, 0.4) is 0 Å². The van der Waals surface area contributed by atoms with E-state index in [0.29, 0.717) is 6.04 Å². The number of aromatic nitrogens is 1. The maximum absolute atomic E-state index is 12.3. The molecule has 1 aliphatic heterocycles. The molecule has 1 aromatic rings. The normalized spacial score (nSPS) is 25.8. The van der Waals surface area contributed by atoms with Gasteiger partial charge in [-0.2, -0.15) is 0 Å². The Bertz CT molecular complexity index is 385. The van der Waals surface area contributed by atoms with Crippen LogP contribution in [0.2, 0.25) is 0 Å². The van der Waals surface area contributed by atoms with Gasteiger partial charge >= 0.3 is 0 Å². The zero-order valence-corrected chi connectivity index (χ0v) is 10.1. The van der Waals surface area contributed by atoms with Crippen molar-refractivity contribution >= 4 is 5.91 Å². The Hall–Kier alpha value is -1.29. The Morgan fingerprint density at radius 3 is 2.88 bits per heavy atom. The first-order chi connectivity index (χ1) is 7.59. The van der Waals surface area contributed by atoms with Crippen LogP contribution in [0.4, 0.5) is 0 Å². The van der Waals surface area contributed by atoms with Gasteiger partial charge in [-0.25, -0.2) is 0 Å².